The summed E-state index contributed by atoms with van der Waals surface area (Å²) in [4.78, 5) is 33.4. The number of rotatable bonds is 6. The minimum absolute atomic E-state index is 0.0330. The van der Waals surface area contributed by atoms with Gasteiger partial charge in [-0.3, -0.25) is 14.9 Å². The first kappa shape index (κ1) is 17.1. The van der Waals surface area contributed by atoms with Gasteiger partial charge in [0.05, 0.1) is 4.92 Å². The number of carboxylic acids is 1. The highest BCUT2D eigenvalue weighted by Crippen LogP contribution is 2.21. The molecule has 8 heteroatoms. The third-order valence-corrected chi connectivity index (χ3v) is 3.58. The first-order chi connectivity index (χ1) is 9.76. The summed E-state index contributed by atoms with van der Waals surface area (Å²) in [6, 6.07) is 2.73. The van der Waals surface area contributed by atoms with Gasteiger partial charge >= 0.3 is 5.97 Å². The number of hydrogen-bond acceptors (Lipinski definition) is 4. The monoisotopic (exact) mass is 358 g/mol. The zero-order valence-corrected chi connectivity index (χ0v) is 13.1. The third-order valence-electron chi connectivity index (χ3n) is 3.12. The first-order valence-electron chi connectivity index (χ1n) is 6.25. The molecule has 1 aromatic rings. The van der Waals surface area contributed by atoms with Crippen LogP contribution in [-0.4, -0.2) is 27.9 Å². The highest BCUT2D eigenvalue weighted by atomic mass is 79.9. The van der Waals surface area contributed by atoms with Gasteiger partial charge in [0, 0.05) is 22.2 Å². The van der Waals surface area contributed by atoms with E-state index in [0.717, 1.165) is 6.07 Å². The number of aliphatic carboxylic acids is 1. The molecule has 0 bridgehead atoms. The van der Waals surface area contributed by atoms with Crippen LogP contribution >= 0.6 is 15.9 Å². The molecule has 1 amide bonds. The standard InChI is InChI=1S/C13H15BrN2O5/c1-3-7(2)11(13(18)19)15-12(17)8-4-9(14)6-10(5-8)16(20)21/h4-7,11H,3H2,1-2H3,(H,15,17)(H,18,19)/t7-,11-/m0/s1. The number of carbonyl (C=O) groups is 2. The molecule has 0 radical (unpaired) electrons. The van der Waals surface area contributed by atoms with E-state index in [1.54, 1.807) is 6.92 Å². The van der Waals surface area contributed by atoms with Gasteiger partial charge in [-0.25, -0.2) is 4.79 Å². The molecule has 0 aliphatic carbocycles. The van der Waals surface area contributed by atoms with Gasteiger partial charge < -0.3 is 10.4 Å². The van der Waals surface area contributed by atoms with Crippen molar-refractivity contribution in [2.75, 3.05) is 0 Å². The van der Waals surface area contributed by atoms with E-state index in [1.165, 1.54) is 12.1 Å². The summed E-state index contributed by atoms with van der Waals surface area (Å²) >= 11 is 3.09. The quantitative estimate of drug-likeness (QED) is 0.599. The molecule has 0 aliphatic heterocycles. The first-order valence-corrected chi connectivity index (χ1v) is 7.04. The van der Waals surface area contributed by atoms with Gasteiger partial charge in [-0.15, -0.1) is 0 Å². The number of carbonyl (C=O) groups excluding carboxylic acids is 1. The Morgan fingerprint density at radius 3 is 2.52 bits per heavy atom. The van der Waals surface area contributed by atoms with Crippen molar-refractivity contribution in [1.29, 1.82) is 0 Å². The van der Waals surface area contributed by atoms with Crippen LogP contribution in [0.3, 0.4) is 0 Å². The van der Waals surface area contributed by atoms with Crippen molar-refractivity contribution in [1.82, 2.24) is 5.32 Å². The lowest BCUT2D eigenvalue weighted by atomic mass is 9.99. The molecule has 0 aromatic heterocycles. The van der Waals surface area contributed by atoms with Crippen molar-refractivity contribution in [3.63, 3.8) is 0 Å². The van der Waals surface area contributed by atoms with Crippen molar-refractivity contribution in [3.05, 3.63) is 38.3 Å². The molecule has 0 spiro atoms. The Kier molecular flexibility index (Phi) is 5.83. The van der Waals surface area contributed by atoms with Crippen molar-refractivity contribution in [2.24, 2.45) is 5.92 Å². The highest BCUT2D eigenvalue weighted by molar-refractivity contribution is 9.10. The lowest BCUT2D eigenvalue weighted by Crippen LogP contribution is -2.45. The number of halogens is 1. The number of benzene rings is 1. The SMILES string of the molecule is CC[C@H](C)[C@H](NC(=O)c1cc(Br)cc([N+](=O)[O-])c1)C(=O)O. The van der Waals surface area contributed by atoms with E-state index < -0.39 is 22.8 Å². The maximum absolute atomic E-state index is 12.1. The normalized spacial score (nSPS) is 13.3. The maximum Gasteiger partial charge on any atom is 0.326 e. The van der Waals surface area contributed by atoms with Gasteiger partial charge in [-0.1, -0.05) is 36.2 Å². The Morgan fingerprint density at radius 2 is 2.05 bits per heavy atom. The topological polar surface area (TPSA) is 110 Å². The van der Waals surface area contributed by atoms with E-state index >= 15 is 0 Å². The summed E-state index contributed by atoms with van der Waals surface area (Å²) in [6.45, 7) is 3.53. The Labute approximate surface area is 129 Å². The van der Waals surface area contributed by atoms with Crippen molar-refractivity contribution < 1.29 is 19.6 Å². The van der Waals surface area contributed by atoms with E-state index in [0.29, 0.717) is 10.9 Å². The molecule has 7 nitrogen and oxygen atoms in total. The van der Waals surface area contributed by atoms with Crippen LogP contribution in [0.2, 0.25) is 0 Å². The predicted octanol–water partition coefficient (Wildman–Crippen LogP) is 2.59. The van der Waals surface area contributed by atoms with Gasteiger partial charge in [0.2, 0.25) is 0 Å². The number of amides is 1. The lowest BCUT2D eigenvalue weighted by molar-refractivity contribution is -0.385. The number of nitro groups is 1. The molecular formula is C13H15BrN2O5. The molecule has 0 unspecified atom stereocenters. The average molecular weight is 359 g/mol. The van der Waals surface area contributed by atoms with E-state index in [1.807, 2.05) is 6.92 Å². The summed E-state index contributed by atoms with van der Waals surface area (Å²) in [7, 11) is 0. The highest BCUT2D eigenvalue weighted by Gasteiger charge is 2.26. The molecule has 1 aromatic carbocycles. The molecule has 0 saturated carbocycles. The van der Waals surface area contributed by atoms with Crippen LogP contribution in [-0.2, 0) is 4.79 Å². The summed E-state index contributed by atoms with van der Waals surface area (Å²) < 4.78 is 0.372. The minimum Gasteiger partial charge on any atom is -0.480 e. The number of carboxylic acid groups (broad SMARTS) is 1. The third kappa shape index (κ3) is 4.52. The van der Waals surface area contributed by atoms with Crippen LogP contribution < -0.4 is 5.32 Å². The van der Waals surface area contributed by atoms with Gasteiger partial charge in [-0.05, 0) is 12.0 Å². The van der Waals surface area contributed by atoms with Gasteiger partial charge in [0.1, 0.15) is 6.04 Å². The molecule has 0 aliphatic rings. The summed E-state index contributed by atoms with van der Waals surface area (Å²) in [6.07, 6.45) is 0.579. The Hall–Kier alpha value is -1.96. The molecule has 2 N–H and O–H groups in total. The van der Waals surface area contributed by atoms with Crippen LogP contribution in [0.25, 0.3) is 0 Å². The van der Waals surface area contributed by atoms with Gasteiger partial charge in [0.25, 0.3) is 11.6 Å². The number of hydrogen-bond donors (Lipinski definition) is 2. The molecule has 114 valence electrons. The van der Waals surface area contributed by atoms with Crippen LogP contribution in [0.15, 0.2) is 22.7 Å². The van der Waals surface area contributed by atoms with Crippen LogP contribution in [0.4, 0.5) is 5.69 Å². The number of nitrogens with zero attached hydrogens (tertiary/aromatic N) is 1. The van der Waals surface area contributed by atoms with Crippen molar-refractivity contribution in [3.8, 4) is 0 Å². The van der Waals surface area contributed by atoms with Crippen LogP contribution in [0, 0.1) is 16.0 Å². The fraction of sp³-hybridized carbons (Fsp3) is 0.385. The number of nitro benzene ring substituents is 1. The van der Waals surface area contributed by atoms with Crippen LogP contribution in [0.5, 0.6) is 0 Å². The van der Waals surface area contributed by atoms with E-state index in [-0.39, 0.29) is 17.2 Å². The fourth-order valence-corrected chi connectivity index (χ4v) is 2.20. The molecule has 2 atom stereocenters. The largest absolute Gasteiger partial charge is 0.480 e. The summed E-state index contributed by atoms with van der Waals surface area (Å²) in [5, 5.41) is 22.3. The molecule has 0 fully saturated rings. The molecule has 0 heterocycles. The van der Waals surface area contributed by atoms with Gasteiger partial charge in [0.15, 0.2) is 0 Å². The second kappa shape index (κ2) is 7.16. The second-order valence-corrected chi connectivity index (χ2v) is 5.55. The zero-order valence-electron chi connectivity index (χ0n) is 11.5. The van der Waals surface area contributed by atoms with E-state index in [4.69, 9.17) is 5.11 Å². The zero-order chi connectivity index (χ0) is 16.2. The molecule has 0 saturated heterocycles. The fourth-order valence-electron chi connectivity index (χ4n) is 1.72. The Balaban J connectivity index is 3.03. The molecular weight excluding hydrogens is 344 g/mol. The maximum atomic E-state index is 12.1. The Bertz CT molecular complexity index is 576. The van der Waals surface area contributed by atoms with Crippen molar-refractivity contribution in [2.45, 2.75) is 26.3 Å². The van der Waals surface area contributed by atoms with E-state index in [9.17, 15) is 19.7 Å². The predicted molar refractivity (Wildman–Crippen MR) is 79.1 cm³/mol. The van der Waals surface area contributed by atoms with E-state index in [2.05, 4.69) is 21.2 Å². The smallest absolute Gasteiger partial charge is 0.326 e. The minimum atomic E-state index is -1.14. The number of non-ortho nitro benzene ring substituents is 1. The Morgan fingerprint density at radius 1 is 1.43 bits per heavy atom. The number of nitrogens with one attached hydrogen (secondary N) is 1. The van der Waals surface area contributed by atoms with Gasteiger partial charge in [-0.2, -0.15) is 0 Å². The second-order valence-electron chi connectivity index (χ2n) is 4.63. The summed E-state index contributed by atoms with van der Waals surface area (Å²) in [5.41, 5.74) is -0.212. The summed E-state index contributed by atoms with van der Waals surface area (Å²) in [5.74, 6) is -2.05. The van der Waals surface area contributed by atoms with Crippen LogP contribution in [0.1, 0.15) is 30.6 Å². The van der Waals surface area contributed by atoms with Crippen molar-refractivity contribution >= 4 is 33.5 Å². The average Bonchev–Trinajstić information content (AvgIpc) is 2.42. The molecule has 21 heavy (non-hydrogen) atoms. The lowest BCUT2D eigenvalue weighted by Gasteiger charge is -2.20. The molecule has 1 rings (SSSR count).